The van der Waals surface area contributed by atoms with Crippen molar-refractivity contribution in [2.45, 2.75) is 13.8 Å². The first kappa shape index (κ1) is 27.1. The molecule has 0 radical (unpaired) electrons. The number of hydrogen-bond donors (Lipinski definition) is 2. The van der Waals surface area contributed by atoms with Crippen LogP contribution in [0.5, 0.6) is 17.2 Å². The molecule has 0 atom stereocenters. The van der Waals surface area contributed by atoms with Crippen molar-refractivity contribution in [3.63, 3.8) is 0 Å². The lowest BCUT2D eigenvalue weighted by Gasteiger charge is -2.15. The van der Waals surface area contributed by atoms with Crippen LogP contribution >= 0.6 is 11.6 Å². The Bertz CT molecular complexity index is 1360. The molecule has 0 aromatic heterocycles. The number of nitrogens with one attached hydrogen (secondary N) is 2. The first-order valence-electron chi connectivity index (χ1n) is 11.4. The average molecular weight is 520 g/mol. The van der Waals surface area contributed by atoms with Crippen LogP contribution in [0.2, 0.25) is 5.02 Å². The number of benzene rings is 3. The summed E-state index contributed by atoms with van der Waals surface area (Å²) < 4.78 is 16.6. The summed E-state index contributed by atoms with van der Waals surface area (Å²) >= 11 is 6.45. The monoisotopic (exact) mass is 519 g/mol. The third-order valence-corrected chi connectivity index (χ3v) is 5.41. The summed E-state index contributed by atoms with van der Waals surface area (Å²) in [5, 5.41) is 15.2. The number of nitriles is 1. The predicted octanol–water partition coefficient (Wildman–Crippen LogP) is 5.62. The number of carbonyl (C=O) groups is 2. The van der Waals surface area contributed by atoms with Crippen molar-refractivity contribution in [1.82, 2.24) is 0 Å². The van der Waals surface area contributed by atoms with E-state index >= 15 is 0 Å². The molecule has 3 aromatic carbocycles. The Balaban J connectivity index is 1.78. The Morgan fingerprint density at radius 1 is 1.00 bits per heavy atom. The van der Waals surface area contributed by atoms with Gasteiger partial charge >= 0.3 is 0 Å². The lowest BCUT2D eigenvalue weighted by Crippen LogP contribution is -2.21. The van der Waals surface area contributed by atoms with Gasteiger partial charge in [-0.25, -0.2) is 0 Å². The quantitative estimate of drug-likeness (QED) is 0.266. The number of anilines is 2. The molecule has 0 aliphatic heterocycles. The van der Waals surface area contributed by atoms with Gasteiger partial charge in [0.1, 0.15) is 17.4 Å². The summed E-state index contributed by atoms with van der Waals surface area (Å²) in [4.78, 5) is 25.2. The average Bonchev–Trinajstić information content (AvgIpc) is 2.88. The molecule has 2 N–H and O–H groups in total. The van der Waals surface area contributed by atoms with Crippen LogP contribution in [-0.4, -0.2) is 32.1 Å². The minimum Gasteiger partial charge on any atom is -0.495 e. The number of aryl methyl sites for hydroxylation is 1. The van der Waals surface area contributed by atoms with Crippen molar-refractivity contribution >= 4 is 40.9 Å². The summed E-state index contributed by atoms with van der Waals surface area (Å²) in [5.74, 6) is -0.0349. The number of methoxy groups -OCH3 is 1. The lowest BCUT2D eigenvalue weighted by atomic mass is 10.1. The minimum absolute atomic E-state index is 0.119. The maximum Gasteiger partial charge on any atom is 0.266 e. The fourth-order valence-corrected chi connectivity index (χ4v) is 3.64. The van der Waals surface area contributed by atoms with Gasteiger partial charge in [-0.15, -0.1) is 0 Å². The van der Waals surface area contributed by atoms with E-state index < -0.39 is 11.8 Å². The Morgan fingerprint density at radius 2 is 1.70 bits per heavy atom. The summed E-state index contributed by atoms with van der Waals surface area (Å²) in [6.07, 6.45) is 1.40. The van der Waals surface area contributed by atoms with Crippen molar-refractivity contribution in [2.75, 3.05) is 31.0 Å². The number of para-hydroxylation sites is 3. The highest BCUT2D eigenvalue weighted by Crippen LogP contribution is 2.37. The van der Waals surface area contributed by atoms with Crippen molar-refractivity contribution < 1.29 is 23.8 Å². The number of ether oxygens (including phenoxy) is 3. The summed E-state index contributed by atoms with van der Waals surface area (Å²) in [5.41, 5.74) is 2.31. The minimum atomic E-state index is -0.556. The van der Waals surface area contributed by atoms with Gasteiger partial charge in [-0.05, 0) is 61.4 Å². The number of halogens is 1. The molecular weight excluding hydrogens is 494 g/mol. The lowest BCUT2D eigenvalue weighted by molar-refractivity contribution is -0.118. The van der Waals surface area contributed by atoms with Crippen LogP contribution in [0, 0.1) is 18.3 Å². The summed E-state index contributed by atoms with van der Waals surface area (Å²) in [6.45, 7) is 3.60. The SMILES string of the molecule is CCOc1cc(/C=C(/C#N)C(=O)Nc2ccccc2C)cc(Cl)c1OCC(=O)Nc1ccccc1OC. The Morgan fingerprint density at radius 3 is 2.38 bits per heavy atom. The molecule has 0 heterocycles. The van der Waals surface area contributed by atoms with Crippen LogP contribution in [-0.2, 0) is 9.59 Å². The van der Waals surface area contributed by atoms with Gasteiger partial charge in [-0.2, -0.15) is 5.26 Å². The highest BCUT2D eigenvalue weighted by atomic mass is 35.5. The molecule has 3 rings (SSSR count). The van der Waals surface area contributed by atoms with E-state index in [9.17, 15) is 14.9 Å². The molecule has 37 heavy (non-hydrogen) atoms. The normalized spacial score (nSPS) is 10.7. The molecule has 0 aliphatic rings. The zero-order valence-corrected chi connectivity index (χ0v) is 21.4. The largest absolute Gasteiger partial charge is 0.495 e. The van der Waals surface area contributed by atoms with Gasteiger partial charge in [0.25, 0.3) is 11.8 Å². The van der Waals surface area contributed by atoms with Gasteiger partial charge in [0, 0.05) is 5.69 Å². The first-order valence-corrected chi connectivity index (χ1v) is 11.7. The Labute approximate surface area is 220 Å². The van der Waals surface area contributed by atoms with Gasteiger partial charge < -0.3 is 24.8 Å². The van der Waals surface area contributed by atoms with E-state index in [1.165, 1.54) is 19.3 Å². The van der Waals surface area contributed by atoms with E-state index in [4.69, 9.17) is 25.8 Å². The second-order valence-electron chi connectivity index (χ2n) is 7.74. The van der Waals surface area contributed by atoms with E-state index in [1.54, 1.807) is 49.4 Å². The van der Waals surface area contributed by atoms with Crippen molar-refractivity contribution in [3.8, 4) is 23.3 Å². The van der Waals surface area contributed by atoms with Gasteiger partial charge in [-0.1, -0.05) is 41.9 Å². The molecule has 9 heteroatoms. The standard InChI is InChI=1S/C28H26ClN3O5/c1-4-36-25-15-19(13-20(16-30)28(34)32-22-10-6-5-9-18(22)2)14-21(29)27(25)37-17-26(33)31-23-11-7-8-12-24(23)35-3/h5-15H,4,17H2,1-3H3,(H,31,33)(H,32,34)/b20-13-. The Kier molecular flexibility index (Phi) is 9.53. The van der Waals surface area contributed by atoms with E-state index in [0.29, 0.717) is 29.3 Å². The van der Waals surface area contributed by atoms with Crippen LogP contribution in [0.1, 0.15) is 18.1 Å². The van der Waals surface area contributed by atoms with Gasteiger partial charge in [-0.3, -0.25) is 9.59 Å². The zero-order chi connectivity index (χ0) is 26.8. The third-order valence-electron chi connectivity index (χ3n) is 5.13. The molecule has 0 aliphatic carbocycles. The summed E-state index contributed by atoms with van der Waals surface area (Å²) in [6, 6.07) is 19.3. The smallest absolute Gasteiger partial charge is 0.266 e. The zero-order valence-electron chi connectivity index (χ0n) is 20.6. The number of nitrogens with zero attached hydrogens (tertiary/aromatic N) is 1. The fraction of sp³-hybridized carbons (Fsp3) is 0.179. The molecule has 190 valence electrons. The van der Waals surface area contributed by atoms with Crippen LogP contribution < -0.4 is 24.8 Å². The van der Waals surface area contributed by atoms with Crippen LogP contribution in [0.3, 0.4) is 0 Å². The molecule has 0 saturated heterocycles. The summed E-state index contributed by atoms with van der Waals surface area (Å²) in [7, 11) is 1.51. The predicted molar refractivity (Wildman–Crippen MR) is 143 cm³/mol. The van der Waals surface area contributed by atoms with E-state index in [2.05, 4.69) is 10.6 Å². The number of amides is 2. The van der Waals surface area contributed by atoms with Crippen molar-refractivity contribution in [1.29, 1.82) is 5.26 Å². The molecule has 0 spiro atoms. The molecule has 2 amide bonds. The van der Waals surface area contributed by atoms with Crippen LogP contribution in [0.4, 0.5) is 11.4 Å². The molecule has 0 unspecified atom stereocenters. The third kappa shape index (κ3) is 7.26. The van der Waals surface area contributed by atoms with E-state index in [-0.39, 0.29) is 28.7 Å². The number of hydrogen-bond acceptors (Lipinski definition) is 6. The molecule has 0 saturated carbocycles. The van der Waals surface area contributed by atoms with Crippen molar-refractivity contribution in [3.05, 3.63) is 82.4 Å². The molecule has 0 fully saturated rings. The molecule has 8 nitrogen and oxygen atoms in total. The highest BCUT2D eigenvalue weighted by molar-refractivity contribution is 6.32. The van der Waals surface area contributed by atoms with Crippen molar-refractivity contribution in [2.24, 2.45) is 0 Å². The highest BCUT2D eigenvalue weighted by Gasteiger charge is 2.17. The van der Waals surface area contributed by atoms with Gasteiger partial charge in [0.05, 0.1) is 24.4 Å². The fourth-order valence-electron chi connectivity index (χ4n) is 3.36. The van der Waals surface area contributed by atoms with E-state index in [1.807, 2.05) is 25.1 Å². The van der Waals surface area contributed by atoms with Gasteiger partial charge in [0.2, 0.25) is 0 Å². The van der Waals surface area contributed by atoms with E-state index in [0.717, 1.165) is 5.56 Å². The number of carbonyl (C=O) groups excluding carboxylic acids is 2. The molecule has 3 aromatic rings. The molecular formula is C28H26ClN3O5. The Hall–Kier alpha value is -4.48. The first-order chi connectivity index (χ1) is 17.9. The second kappa shape index (κ2) is 13.0. The van der Waals surface area contributed by atoms with Crippen LogP contribution in [0.15, 0.2) is 66.2 Å². The van der Waals surface area contributed by atoms with Crippen LogP contribution in [0.25, 0.3) is 6.08 Å². The maximum atomic E-state index is 12.7. The second-order valence-corrected chi connectivity index (χ2v) is 8.15. The topological polar surface area (TPSA) is 110 Å². The van der Waals surface area contributed by atoms with Gasteiger partial charge in [0.15, 0.2) is 18.1 Å². The maximum absolute atomic E-state index is 12.7. The molecule has 0 bridgehead atoms. The number of rotatable bonds is 10.